The number of carbonyl (C=O) groups excluding carboxylic acids is 1. The fraction of sp³-hybridized carbons (Fsp3) is 0.304. The molecule has 5 rings (SSSR count). The van der Waals surface area contributed by atoms with E-state index in [4.69, 9.17) is 0 Å². The van der Waals surface area contributed by atoms with Gasteiger partial charge >= 0.3 is 0 Å². The van der Waals surface area contributed by atoms with E-state index in [1.54, 1.807) is 10.6 Å². The van der Waals surface area contributed by atoms with E-state index < -0.39 is 6.10 Å². The van der Waals surface area contributed by atoms with Gasteiger partial charge in [0.15, 0.2) is 5.78 Å². The minimum Gasteiger partial charge on any atom is -0.390 e. The number of carbonyl (C=O) groups is 1. The van der Waals surface area contributed by atoms with Gasteiger partial charge in [-0.1, -0.05) is 42.5 Å². The number of nitrogens with zero attached hydrogens (tertiary/aromatic N) is 2. The highest BCUT2D eigenvalue weighted by atomic mass is 16.3. The van der Waals surface area contributed by atoms with Crippen molar-refractivity contribution in [3.05, 3.63) is 70.0 Å². The number of aliphatic hydroxyl groups excluding tert-OH is 1. The SMILES string of the molecule is O=C1c2ccccc2-c2c1c1ccccc1c(=O)n2CC(O)CN1CCCC1. The third-order valence-electron chi connectivity index (χ3n) is 5.89. The van der Waals surface area contributed by atoms with Gasteiger partial charge in [0, 0.05) is 28.4 Å². The van der Waals surface area contributed by atoms with Crippen molar-refractivity contribution < 1.29 is 9.90 Å². The van der Waals surface area contributed by atoms with Crippen molar-refractivity contribution in [2.45, 2.75) is 25.5 Å². The molecular weight excluding hydrogens is 352 g/mol. The quantitative estimate of drug-likeness (QED) is 0.597. The Labute approximate surface area is 162 Å². The fourth-order valence-corrected chi connectivity index (χ4v) is 4.64. The molecule has 1 aromatic heterocycles. The van der Waals surface area contributed by atoms with Gasteiger partial charge in [0.1, 0.15) is 0 Å². The average Bonchev–Trinajstić information content (AvgIpc) is 3.32. The van der Waals surface area contributed by atoms with Crippen molar-refractivity contribution in [2.75, 3.05) is 19.6 Å². The predicted octanol–water partition coefficient (Wildman–Crippen LogP) is 2.67. The molecule has 142 valence electrons. The van der Waals surface area contributed by atoms with Crippen molar-refractivity contribution in [2.24, 2.45) is 0 Å². The summed E-state index contributed by atoms with van der Waals surface area (Å²) in [7, 11) is 0. The van der Waals surface area contributed by atoms with Gasteiger partial charge in [-0.05, 0) is 32.0 Å². The van der Waals surface area contributed by atoms with Crippen LogP contribution in [0.4, 0.5) is 0 Å². The summed E-state index contributed by atoms with van der Waals surface area (Å²) in [6.45, 7) is 2.71. The molecule has 5 heteroatoms. The molecule has 2 aliphatic rings. The van der Waals surface area contributed by atoms with Crippen molar-refractivity contribution in [1.82, 2.24) is 9.47 Å². The predicted molar refractivity (Wildman–Crippen MR) is 109 cm³/mol. The van der Waals surface area contributed by atoms with E-state index in [9.17, 15) is 14.7 Å². The topological polar surface area (TPSA) is 62.5 Å². The number of fused-ring (bicyclic) bond motifs is 5. The lowest BCUT2D eigenvalue weighted by Crippen LogP contribution is -2.36. The summed E-state index contributed by atoms with van der Waals surface area (Å²) in [6.07, 6.45) is 1.64. The summed E-state index contributed by atoms with van der Waals surface area (Å²) in [4.78, 5) is 28.7. The van der Waals surface area contributed by atoms with Crippen LogP contribution in [0.5, 0.6) is 0 Å². The second kappa shape index (κ2) is 6.69. The van der Waals surface area contributed by atoms with Crippen LogP contribution in [0.15, 0.2) is 53.3 Å². The summed E-state index contributed by atoms with van der Waals surface area (Å²) in [5.74, 6) is -0.0513. The number of aliphatic hydroxyl groups is 1. The Morgan fingerprint density at radius 2 is 1.50 bits per heavy atom. The summed E-state index contributed by atoms with van der Waals surface area (Å²) in [5, 5.41) is 11.9. The minimum absolute atomic E-state index is 0.0513. The second-order valence-electron chi connectivity index (χ2n) is 7.72. The van der Waals surface area contributed by atoms with Crippen molar-refractivity contribution in [1.29, 1.82) is 0 Å². The maximum Gasteiger partial charge on any atom is 0.259 e. The lowest BCUT2D eigenvalue weighted by molar-refractivity contribution is 0.103. The number of pyridine rings is 1. The van der Waals surface area contributed by atoms with Gasteiger partial charge in [0.2, 0.25) is 0 Å². The van der Waals surface area contributed by atoms with Gasteiger partial charge < -0.3 is 14.6 Å². The number of β-amino-alcohol motifs (C(OH)–C–C–N with tert-alkyl or cyclic N) is 1. The first-order valence-electron chi connectivity index (χ1n) is 9.85. The molecular formula is C23H22N2O3. The van der Waals surface area contributed by atoms with E-state index >= 15 is 0 Å². The Kier molecular flexibility index (Phi) is 4.14. The molecule has 0 bridgehead atoms. The number of benzene rings is 2. The molecule has 1 aliphatic heterocycles. The van der Waals surface area contributed by atoms with Crippen LogP contribution in [0, 0.1) is 0 Å². The van der Waals surface area contributed by atoms with Crippen LogP contribution in [-0.4, -0.2) is 46.1 Å². The summed E-state index contributed by atoms with van der Waals surface area (Å²) < 4.78 is 1.61. The normalized spacial score (nSPS) is 17.1. The van der Waals surface area contributed by atoms with Crippen LogP contribution in [0.2, 0.25) is 0 Å². The van der Waals surface area contributed by atoms with Crippen molar-refractivity contribution >= 4 is 16.6 Å². The summed E-state index contributed by atoms with van der Waals surface area (Å²) >= 11 is 0. The number of hydrogen-bond acceptors (Lipinski definition) is 4. The van der Waals surface area contributed by atoms with E-state index in [-0.39, 0.29) is 17.9 Å². The Morgan fingerprint density at radius 3 is 2.25 bits per heavy atom. The molecule has 28 heavy (non-hydrogen) atoms. The van der Waals surface area contributed by atoms with Crippen molar-refractivity contribution in [3.8, 4) is 11.3 Å². The van der Waals surface area contributed by atoms with E-state index in [0.717, 1.165) is 31.5 Å². The van der Waals surface area contributed by atoms with Crippen LogP contribution in [-0.2, 0) is 6.54 Å². The average molecular weight is 374 g/mol. The number of hydrogen-bond donors (Lipinski definition) is 1. The molecule has 2 aromatic carbocycles. The number of rotatable bonds is 4. The van der Waals surface area contributed by atoms with Gasteiger partial charge in [-0.25, -0.2) is 0 Å². The zero-order valence-corrected chi connectivity index (χ0v) is 15.6. The van der Waals surface area contributed by atoms with Gasteiger partial charge in [-0.2, -0.15) is 0 Å². The fourth-order valence-electron chi connectivity index (χ4n) is 4.64. The summed E-state index contributed by atoms with van der Waals surface area (Å²) in [5.41, 5.74) is 2.46. The Balaban J connectivity index is 1.68. The molecule has 0 saturated carbocycles. The Hall–Kier alpha value is -2.76. The third-order valence-corrected chi connectivity index (χ3v) is 5.89. The van der Waals surface area contributed by atoms with E-state index in [1.807, 2.05) is 42.5 Å². The molecule has 5 nitrogen and oxygen atoms in total. The smallest absolute Gasteiger partial charge is 0.259 e. The molecule has 1 unspecified atom stereocenters. The molecule has 0 spiro atoms. The van der Waals surface area contributed by atoms with Gasteiger partial charge in [-0.3, -0.25) is 9.59 Å². The number of ketones is 1. The molecule has 0 amide bonds. The molecule has 1 atom stereocenters. The highest BCUT2D eigenvalue weighted by Gasteiger charge is 2.32. The first-order valence-corrected chi connectivity index (χ1v) is 9.85. The molecule has 0 radical (unpaired) electrons. The lowest BCUT2D eigenvalue weighted by Gasteiger charge is -2.22. The van der Waals surface area contributed by atoms with Crippen LogP contribution >= 0.6 is 0 Å². The van der Waals surface area contributed by atoms with E-state index in [2.05, 4.69) is 4.90 Å². The molecule has 1 aliphatic carbocycles. The minimum atomic E-state index is -0.663. The molecule has 1 N–H and O–H groups in total. The van der Waals surface area contributed by atoms with Crippen LogP contribution in [0.25, 0.3) is 22.0 Å². The highest BCUT2D eigenvalue weighted by molar-refractivity contribution is 6.26. The largest absolute Gasteiger partial charge is 0.390 e. The first kappa shape index (κ1) is 17.3. The van der Waals surface area contributed by atoms with Crippen LogP contribution in [0.1, 0.15) is 28.8 Å². The zero-order chi connectivity index (χ0) is 19.3. The maximum absolute atomic E-state index is 13.3. The Morgan fingerprint density at radius 1 is 0.857 bits per heavy atom. The third kappa shape index (κ3) is 2.62. The zero-order valence-electron chi connectivity index (χ0n) is 15.6. The number of aromatic nitrogens is 1. The maximum atomic E-state index is 13.3. The summed E-state index contributed by atoms with van der Waals surface area (Å²) in [6, 6.07) is 14.7. The standard InChI is InChI=1S/C23H22N2O3/c26-15(13-24-11-5-6-12-24)14-25-21-17-8-2-3-9-18(17)22(27)20(21)16-7-1-4-10-19(16)23(25)28/h1-4,7-10,15,26H,5-6,11-14H2. The first-order chi connectivity index (χ1) is 13.6. The second-order valence-corrected chi connectivity index (χ2v) is 7.72. The van der Waals surface area contributed by atoms with Crippen LogP contribution in [0.3, 0.4) is 0 Å². The van der Waals surface area contributed by atoms with Crippen molar-refractivity contribution in [3.63, 3.8) is 0 Å². The van der Waals surface area contributed by atoms with Gasteiger partial charge in [0.05, 0.1) is 23.9 Å². The van der Waals surface area contributed by atoms with Gasteiger partial charge in [-0.15, -0.1) is 0 Å². The Bertz CT molecular complexity index is 1140. The van der Waals surface area contributed by atoms with Crippen LogP contribution < -0.4 is 5.56 Å². The molecule has 2 heterocycles. The lowest BCUT2D eigenvalue weighted by atomic mass is 10.0. The van der Waals surface area contributed by atoms with E-state index in [0.29, 0.717) is 34.1 Å². The molecule has 1 fully saturated rings. The molecule has 3 aromatic rings. The van der Waals surface area contributed by atoms with E-state index in [1.165, 1.54) is 0 Å². The number of likely N-dealkylation sites (tertiary alicyclic amines) is 1. The monoisotopic (exact) mass is 374 g/mol. The molecule has 1 saturated heterocycles. The highest BCUT2D eigenvalue weighted by Crippen LogP contribution is 2.39. The van der Waals surface area contributed by atoms with Gasteiger partial charge in [0.25, 0.3) is 5.56 Å².